The van der Waals surface area contributed by atoms with E-state index in [1.807, 2.05) is 18.2 Å². The molecule has 0 bridgehead atoms. The van der Waals surface area contributed by atoms with E-state index in [0.29, 0.717) is 63.7 Å². The molecule has 57 heavy (non-hydrogen) atoms. The minimum absolute atomic E-state index is 0.0106. The summed E-state index contributed by atoms with van der Waals surface area (Å²) in [4.78, 5) is 26.6. The van der Waals surface area contributed by atoms with Crippen LogP contribution in [0.25, 0.3) is 0 Å². The number of fused-ring (bicyclic) bond motifs is 7. The lowest BCUT2D eigenvalue weighted by molar-refractivity contribution is -0.0232. The molecular formula is C43H35N3O11. The third kappa shape index (κ3) is 6.39. The largest absolute Gasteiger partial charge is 0.508 e. The zero-order valence-corrected chi connectivity index (χ0v) is 30.2. The molecule has 0 aliphatic carbocycles. The number of unbranched alkanes of at least 4 members (excludes halogenated alkanes) is 2. The van der Waals surface area contributed by atoms with Gasteiger partial charge in [-0.1, -0.05) is 35.5 Å². The molecular weight excluding hydrogens is 734 g/mol. The lowest BCUT2D eigenvalue weighted by Crippen LogP contribution is -2.38. The summed E-state index contributed by atoms with van der Waals surface area (Å²) in [7, 11) is 0. The van der Waals surface area contributed by atoms with Crippen LogP contribution in [0.1, 0.15) is 74.0 Å². The maximum Gasteiger partial charge on any atom is 0.340 e. The first-order valence-corrected chi connectivity index (χ1v) is 18.4. The summed E-state index contributed by atoms with van der Waals surface area (Å²) >= 11 is 0. The van der Waals surface area contributed by atoms with Gasteiger partial charge in [-0.3, -0.25) is 9.48 Å². The van der Waals surface area contributed by atoms with E-state index < -0.39 is 35.3 Å². The summed E-state index contributed by atoms with van der Waals surface area (Å²) in [6.45, 7) is 0.956. The molecule has 0 saturated carbocycles. The number of nitrogens with zero attached hydrogens (tertiary/aromatic N) is 3. The molecule has 1 aromatic heterocycles. The molecule has 14 nitrogen and oxygen atoms in total. The molecule has 9 rings (SSSR count). The molecule has 3 aliphatic rings. The van der Waals surface area contributed by atoms with Crippen LogP contribution in [0.3, 0.4) is 0 Å². The van der Waals surface area contributed by atoms with Crippen molar-refractivity contribution in [2.45, 2.75) is 50.2 Å². The summed E-state index contributed by atoms with van der Waals surface area (Å²) in [5.41, 5.74) is 2.27. The van der Waals surface area contributed by atoms with Gasteiger partial charge in [0.25, 0.3) is 0 Å². The monoisotopic (exact) mass is 769 g/mol. The van der Waals surface area contributed by atoms with E-state index in [0.717, 1.165) is 18.9 Å². The predicted molar refractivity (Wildman–Crippen MR) is 200 cm³/mol. The van der Waals surface area contributed by atoms with E-state index >= 15 is 0 Å². The minimum Gasteiger partial charge on any atom is -0.508 e. The van der Waals surface area contributed by atoms with Gasteiger partial charge < -0.3 is 44.1 Å². The molecule has 4 heterocycles. The number of carbonyl (C=O) groups is 2. The van der Waals surface area contributed by atoms with E-state index in [9.17, 15) is 30.0 Å². The van der Waals surface area contributed by atoms with E-state index in [-0.39, 0.29) is 41.8 Å². The van der Waals surface area contributed by atoms with Crippen molar-refractivity contribution >= 4 is 11.8 Å². The first kappa shape index (κ1) is 35.6. The Kier molecular flexibility index (Phi) is 8.89. The normalized spacial score (nSPS) is 18.8. The second kappa shape index (κ2) is 14.2. The molecule has 0 radical (unpaired) electrons. The number of hydrogen-bond acceptors (Lipinski definition) is 13. The summed E-state index contributed by atoms with van der Waals surface area (Å²) in [5.74, 6) is -0.159. The van der Waals surface area contributed by atoms with Crippen molar-refractivity contribution in [2.75, 3.05) is 6.61 Å². The third-order valence-corrected chi connectivity index (χ3v) is 10.3. The molecule has 0 saturated heterocycles. The number of Topliss-reactive ketones (excluding diaryl/α,β-unsaturated/α-hetero) is 1. The Balaban J connectivity index is 0.808. The fourth-order valence-corrected chi connectivity index (χ4v) is 7.64. The fraction of sp³-hybridized carbons (Fsp3) is 0.209. The molecule has 4 N–H and O–H groups in total. The van der Waals surface area contributed by atoms with Crippen LogP contribution in [-0.4, -0.2) is 59.9 Å². The van der Waals surface area contributed by atoms with Crippen molar-refractivity contribution < 1.29 is 53.7 Å². The van der Waals surface area contributed by atoms with Crippen LogP contribution in [0.2, 0.25) is 0 Å². The lowest BCUT2D eigenvalue weighted by atomic mass is 9.77. The van der Waals surface area contributed by atoms with Crippen LogP contribution < -0.4 is 14.2 Å². The van der Waals surface area contributed by atoms with Gasteiger partial charge in [-0.05, 0) is 67.3 Å². The Hall–Kier alpha value is -7.06. The molecule has 0 amide bonds. The Labute approximate surface area is 325 Å². The van der Waals surface area contributed by atoms with Gasteiger partial charge in [0.05, 0.1) is 11.8 Å². The number of phenolic OH excluding ortho intramolecular Hbond substituents is 4. The van der Waals surface area contributed by atoms with Gasteiger partial charge in [-0.2, -0.15) is 0 Å². The van der Waals surface area contributed by atoms with Crippen molar-refractivity contribution in [3.8, 4) is 46.0 Å². The maximum atomic E-state index is 13.5. The van der Waals surface area contributed by atoms with Crippen LogP contribution in [0.5, 0.6) is 46.0 Å². The summed E-state index contributed by atoms with van der Waals surface area (Å²) < 4.78 is 32.3. The van der Waals surface area contributed by atoms with Crippen molar-refractivity contribution in [3.63, 3.8) is 0 Å². The Bertz CT molecular complexity index is 2540. The topological polar surface area (TPSA) is 192 Å². The number of ketones is 1. The number of rotatable bonds is 11. The number of esters is 1. The number of phenols is 4. The van der Waals surface area contributed by atoms with Crippen LogP contribution in [0.15, 0.2) is 103 Å². The highest BCUT2D eigenvalue weighted by molar-refractivity contribution is 6.06. The number of aromatic hydroxyl groups is 4. The van der Waals surface area contributed by atoms with Gasteiger partial charge in [0.2, 0.25) is 5.78 Å². The molecule has 3 atom stereocenters. The molecule has 3 aliphatic heterocycles. The maximum absolute atomic E-state index is 13.5. The van der Waals surface area contributed by atoms with Gasteiger partial charge in [0.15, 0.2) is 17.8 Å². The van der Waals surface area contributed by atoms with E-state index in [2.05, 4.69) is 10.3 Å². The van der Waals surface area contributed by atoms with Crippen molar-refractivity contribution in [1.29, 1.82) is 0 Å². The first-order valence-electron chi connectivity index (χ1n) is 18.4. The summed E-state index contributed by atoms with van der Waals surface area (Å²) in [6, 6.07) is 25.9. The summed E-state index contributed by atoms with van der Waals surface area (Å²) in [5, 5.41) is 48.9. The standard InChI is InChI=1S/C43H35N3O11/c47-26-10-8-24(9-11-26)40-41(39(51)38-34(50)18-28(49)20-37(38)56-40)53-17-5-1-4-16-46-22-25(44-45-46)23-54-29-13-15-33-36(21-29)55-35-19-27(48)12-14-32(35)43(33)31-7-3-2-6-30(31)42(52)57-43/h2-3,6-15,18-22,40-41,47-50H,1,4-5,16-17,23H2. The van der Waals surface area contributed by atoms with Gasteiger partial charge in [-0.25, -0.2) is 4.79 Å². The van der Waals surface area contributed by atoms with Gasteiger partial charge in [-0.15, -0.1) is 5.10 Å². The molecule has 5 aromatic carbocycles. The Morgan fingerprint density at radius 1 is 0.754 bits per heavy atom. The van der Waals surface area contributed by atoms with Crippen molar-refractivity contribution in [3.05, 3.63) is 142 Å². The Morgan fingerprint density at radius 2 is 1.51 bits per heavy atom. The molecule has 3 unspecified atom stereocenters. The number of aromatic nitrogens is 3. The Morgan fingerprint density at radius 3 is 2.35 bits per heavy atom. The summed E-state index contributed by atoms with van der Waals surface area (Å²) in [6.07, 6.45) is 2.02. The highest BCUT2D eigenvalue weighted by Crippen LogP contribution is 2.57. The molecule has 288 valence electrons. The number of hydrogen-bond donors (Lipinski definition) is 4. The van der Waals surface area contributed by atoms with Gasteiger partial charge in [0, 0.05) is 54.1 Å². The highest BCUT2D eigenvalue weighted by atomic mass is 16.6. The van der Waals surface area contributed by atoms with Crippen LogP contribution in [-0.2, 0) is 28.2 Å². The van der Waals surface area contributed by atoms with E-state index in [1.165, 1.54) is 30.3 Å². The fourth-order valence-electron chi connectivity index (χ4n) is 7.64. The quantitative estimate of drug-likeness (QED) is 0.0794. The number of aryl methyl sites for hydroxylation is 1. The number of carbonyl (C=O) groups excluding carboxylic acids is 2. The zero-order valence-electron chi connectivity index (χ0n) is 30.2. The number of ether oxygens (including phenoxy) is 5. The van der Waals surface area contributed by atoms with Gasteiger partial charge in [0.1, 0.15) is 63.9 Å². The van der Waals surface area contributed by atoms with E-state index in [1.54, 1.807) is 53.3 Å². The third-order valence-electron chi connectivity index (χ3n) is 10.3. The average Bonchev–Trinajstić information content (AvgIpc) is 3.77. The van der Waals surface area contributed by atoms with E-state index in [4.69, 9.17) is 23.7 Å². The van der Waals surface area contributed by atoms with Crippen LogP contribution in [0, 0.1) is 0 Å². The second-order valence-corrected chi connectivity index (χ2v) is 14.0. The van der Waals surface area contributed by atoms with Crippen LogP contribution in [0.4, 0.5) is 0 Å². The highest BCUT2D eigenvalue weighted by Gasteiger charge is 2.53. The molecule has 1 spiro atoms. The molecule has 0 fully saturated rings. The van der Waals surface area contributed by atoms with Gasteiger partial charge >= 0.3 is 5.97 Å². The second-order valence-electron chi connectivity index (χ2n) is 14.0. The SMILES string of the molecule is O=C1OC2(c3ccc(O)cc3Oc3cc(OCc4cn(CCCCCOC5C(=O)c6c(O)cc(O)cc6OC5c5ccc(O)cc5)nn4)ccc32)c2ccccc21. The smallest absolute Gasteiger partial charge is 0.340 e. The average molecular weight is 770 g/mol. The van der Waals surface area contributed by atoms with Crippen molar-refractivity contribution in [2.24, 2.45) is 0 Å². The lowest BCUT2D eigenvalue weighted by Gasteiger charge is -2.36. The predicted octanol–water partition coefficient (Wildman–Crippen LogP) is 6.82. The molecule has 14 heteroatoms. The van der Waals surface area contributed by atoms with Crippen LogP contribution >= 0.6 is 0 Å². The molecule has 6 aromatic rings. The first-order chi connectivity index (χ1) is 27.7. The zero-order chi connectivity index (χ0) is 39.3. The minimum atomic E-state index is -1.25. The van der Waals surface area contributed by atoms with Crippen molar-refractivity contribution in [1.82, 2.24) is 15.0 Å². The number of benzene rings is 5.